The smallest absolute Gasteiger partial charge is 0.545 e. The Hall–Kier alpha value is -2.44. The predicted molar refractivity (Wildman–Crippen MR) is 112 cm³/mol. The fourth-order valence-electron chi connectivity index (χ4n) is 3.21. The molecule has 4 aromatic rings. The molecule has 0 N–H and O–H groups in total. The van der Waals surface area contributed by atoms with E-state index < -0.39 is 5.97 Å². The number of hydrogen-bond acceptors (Lipinski definition) is 4. The zero-order valence-corrected chi connectivity index (χ0v) is 18.6. The van der Waals surface area contributed by atoms with Crippen molar-refractivity contribution in [2.45, 2.75) is 14.4 Å². The normalized spacial score (nSPS) is 10.2. The summed E-state index contributed by atoms with van der Waals surface area (Å²) in [5.74, 6) is -1.57. The summed E-state index contributed by atoms with van der Waals surface area (Å²) in [6.45, 7) is 1.82. The van der Waals surface area contributed by atoms with E-state index in [4.69, 9.17) is 11.6 Å². The fraction of sp³-hybridized carbons (Fsp3) is 0.0870. The number of carbonyl (C=O) groups excluding carboxylic acids is 2. The second-order valence-corrected chi connectivity index (χ2v) is 6.79. The van der Waals surface area contributed by atoms with Crippen molar-refractivity contribution in [3.05, 3.63) is 88.4 Å². The first-order valence-electron chi connectivity index (χ1n) is 8.56. The molecule has 146 valence electrons. The van der Waals surface area contributed by atoms with Crippen molar-refractivity contribution in [1.29, 1.82) is 0 Å². The molecule has 0 unspecified atom stereocenters. The summed E-state index contributed by atoms with van der Waals surface area (Å²) in [7, 11) is 0. The van der Waals surface area contributed by atoms with Gasteiger partial charge in [0.15, 0.2) is 0 Å². The molecule has 0 aliphatic rings. The summed E-state index contributed by atoms with van der Waals surface area (Å²) in [5.41, 5.74) is 3.16. The van der Waals surface area contributed by atoms with Crippen LogP contribution >= 0.6 is 11.6 Å². The van der Waals surface area contributed by atoms with Gasteiger partial charge in [0.05, 0.1) is 22.1 Å². The minimum atomic E-state index is -1.24. The minimum Gasteiger partial charge on any atom is -0.545 e. The van der Waals surface area contributed by atoms with Crippen molar-refractivity contribution in [3.63, 3.8) is 0 Å². The summed E-state index contributed by atoms with van der Waals surface area (Å²) >= 11 is 6.27. The molecule has 0 amide bonds. The van der Waals surface area contributed by atoms with Crippen LogP contribution in [0, 0.1) is 6.92 Å². The van der Waals surface area contributed by atoms with E-state index in [2.05, 4.69) is 5.10 Å². The van der Waals surface area contributed by atoms with E-state index in [1.54, 1.807) is 24.3 Å². The van der Waals surface area contributed by atoms with E-state index in [0.29, 0.717) is 27.4 Å². The summed E-state index contributed by atoms with van der Waals surface area (Å²) in [4.78, 5) is 24.2. The van der Waals surface area contributed by atoms with E-state index in [1.807, 2.05) is 37.3 Å². The van der Waals surface area contributed by atoms with E-state index in [0.717, 1.165) is 10.9 Å². The van der Waals surface area contributed by atoms with Crippen LogP contribution < -0.4 is 34.7 Å². The Bertz CT molecular complexity index is 1210. The van der Waals surface area contributed by atoms with E-state index in [1.165, 1.54) is 16.8 Å². The second-order valence-electron chi connectivity index (χ2n) is 6.38. The maximum absolute atomic E-state index is 13.2. The van der Waals surface area contributed by atoms with Gasteiger partial charge >= 0.3 is 29.6 Å². The summed E-state index contributed by atoms with van der Waals surface area (Å²) in [6.07, 6.45) is 0. The van der Waals surface area contributed by atoms with Crippen LogP contribution in [0.15, 0.2) is 66.7 Å². The van der Waals surface area contributed by atoms with Crippen molar-refractivity contribution in [1.82, 2.24) is 9.78 Å². The van der Waals surface area contributed by atoms with Gasteiger partial charge < -0.3 is 9.90 Å². The quantitative estimate of drug-likeness (QED) is 0.462. The van der Waals surface area contributed by atoms with Gasteiger partial charge in [-0.05, 0) is 30.2 Å². The number of rotatable bonds is 3. The third-order valence-corrected chi connectivity index (χ3v) is 4.92. The number of para-hydroxylation sites is 1. The number of halogens is 1. The molecule has 0 saturated heterocycles. The standard InChI is InChI=1S/C22H15ClN2O3.CH4.Na/c1-13-5-4-7-17(23)19(13)21(26)25-18-8-3-2-6-16(18)20(24-25)14-9-11-15(12-10-14)22(27)28;;/h2-12H,1H3,(H,27,28);1H4;/q;;+1/p-1. The Balaban J connectivity index is 0.00000160. The van der Waals surface area contributed by atoms with Crippen LogP contribution in [0.25, 0.3) is 22.2 Å². The molecule has 7 heteroatoms. The third-order valence-electron chi connectivity index (χ3n) is 4.61. The fourth-order valence-corrected chi connectivity index (χ4v) is 3.51. The predicted octanol–water partition coefficient (Wildman–Crippen LogP) is 1.36. The van der Waals surface area contributed by atoms with Crippen LogP contribution in [-0.4, -0.2) is 21.7 Å². The van der Waals surface area contributed by atoms with Gasteiger partial charge in [0.1, 0.15) is 5.69 Å². The number of carboxylic acids is 1. The molecule has 0 spiro atoms. The maximum atomic E-state index is 13.2. The van der Waals surface area contributed by atoms with Gasteiger partial charge in [0.2, 0.25) is 0 Å². The molecule has 0 radical (unpaired) electrons. The number of aromatic nitrogens is 2. The minimum absolute atomic E-state index is 0. The average Bonchev–Trinajstić information content (AvgIpc) is 3.07. The van der Waals surface area contributed by atoms with Gasteiger partial charge in [0, 0.05) is 10.9 Å². The monoisotopic (exact) mass is 428 g/mol. The van der Waals surface area contributed by atoms with Gasteiger partial charge in [-0.15, -0.1) is 0 Å². The molecule has 0 fully saturated rings. The Labute approximate surface area is 201 Å². The van der Waals surface area contributed by atoms with Crippen LogP contribution in [0.4, 0.5) is 0 Å². The molecule has 4 rings (SSSR count). The average molecular weight is 429 g/mol. The molecule has 0 aliphatic carbocycles. The first-order chi connectivity index (χ1) is 13.5. The Kier molecular flexibility index (Phi) is 7.61. The number of hydrogen-bond donors (Lipinski definition) is 0. The van der Waals surface area contributed by atoms with E-state index >= 15 is 0 Å². The Morgan fingerprint density at radius 2 is 1.63 bits per heavy atom. The molecule has 0 saturated carbocycles. The molecular weight excluding hydrogens is 411 g/mol. The number of aromatic carboxylic acids is 1. The number of aryl methyl sites for hydroxylation is 1. The zero-order chi connectivity index (χ0) is 19.8. The van der Waals surface area contributed by atoms with Crippen molar-refractivity contribution < 1.29 is 44.3 Å². The SMILES string of the molecule is C.Cc1cccc(Cl)c1C(=O)n1nc(-c2ccc(C(=O)[O-])cc2)c2ccccc21.[Na+]. The summed E-state index contributed by atoms with van der Waals surface area (Å²) in [6, 6.07) is 18.9. The molecule has 1 aromatic heterocycles. The number of benzene rings is 3. The van der Waals surface area contributed by atoms with Gasteiger partial charge in [-0.3, -0.25) is 4.79 Å². The number of fused-ring (bicyclic) bond motifs is 1. The van der Waals surface area contributed by atoms with Crippen LogP contribution in [0.2, 0.25) is 5.02 Å². The van der Waals surface area contributed by atoms with Crippen LogP contribution in [0.3, 0.4) is 0 Å². The first kappa shape index (κ1) is 23.8. The summed E-state index contributed by atoms with van der Waals surface area (Å²) < 4.78 is 1.34. The van der Waals surface area contributed by atoms with Gasteiger partial charge in [0.25, 0.3) is 5.91 Å². The van der Waals surface area contributed by atoms with Crippen LogP contribution in [0.1, 0.15) is 33.7 Å². The maximum Gasteiger partial charge on any atom is 1.00 e. The molecule has 0 bridgehead atoms. The van der Waals surface area contributed by atoms with Crippen molar-refractivity contribution in [2.75, 3.05) is 0 Å². The number of nitrogens with zero attached hydrogens (tertiary/aromatic N) is 2. The van der Waals surface area contributed by atoms with E-state index in [9.17, 15) is 14.7 Å². The Morgan fingerprint density at radius 3 is 2.27 bits per heavy atom. The molecule has 30 heavy (non-hydrogen) atoms. The van der Waals surface area contributed by atoms with Gasteiger partial charge in [-0.2, -0.15) is 9.78 Å². The van der Waals surface area contributed by atoms with Crippen molar-refractivity contribution in [2.24, 2.45) is 0 Å². The largest absolute Gasteiger partial charge is 1.00 e. The van der Waals surface area contributed by atoms with Crippen LogP contribution in [0.5, 0.6) is 0 Å². The molecule has 0 atom stereocenters. The topological polar surface area (TPSA) is 75.0 Å². The second kappa shape index (κ2) is 9.58. The van der Waals surface area contributed by atoms with E-state index in [-0.39, 0.29) is 48.5 Å². The number of carboxylic acid groups (broad SMARTS) is 1. The summed E-state index contributed by atoms with van der Waals surface area (Å²) in [5, 5.41) is 16.7. The third kappa shape index (κ3) is 4.20. The van der Waals surface area contributed by atoms with Crippen LogP contribution in [-0.2, 0) is 0 Å². The zero-order valence-electron chi connectivity index (χ0n) is 15.8. The van der Waals surface area contributed by atoms with Crippen molar-refractivity contribution in [3.8, 4) is 11.3 Å². The molecule has 3 aromatic carbocycles. The van der Waals surface area contributed by atoms with Gasteiger partial charge in [-0.25, -0.2) is 0 Å². The van der Waals surface area contributed by atoms with Crippen molar-refractivity contribution >= 4 is 34.4 Å². The molecule has 1 heterocycles. The van der Waals surface area contributed by atoms with Gasteiger partial charge in [-0.1, -0.05) is 73.6 Å². The molecule has 5 nitrogen and oxygen atoms in total. The Morgan fingerprint density at radius 1 is 0.967 bits per heavy atom. The number of carbonyl (C=O) groups is 2. The molecule has 0 aliphatic heterocycles. The molecular formula is C23H18ClN2NaO3. The first-order valence-corrected chi connectivity index (χ1v) is 8.94.